The van der Waals surface area contributed by atoms with Gasteiger partial charge in [0.25, 0.3) is 0 Å². The summed E-state index contributed by atoms with van der Waals surface area (Å²) in [5.74, 6) is -0.517. The zero-order valence-corrected chi connectivity index (χ0v) is 8.99. The Bertz CT molecular complexity index is 398. The van der Waals surface area contributed by atoms with Crippen LogP contribution in [0.15, 0.2) is 18.2 Å². The summed E-state index contributed by atoms with van der Waals surface area (Å²) in [7, 11) is 0. The Hall–Kier alpha value is -1.00. The molecule has 0 radical (unpaired) electrons. The van der Waals surface area contributed by atoms with Crippen molar-refractivity contribution in [3.63, 3.8) is 0 Å². The number of nitrogens with zero attached hydrogens (tertiary/aromatic N) is 1. The molecule has 2 bridgehead atoms. The molecule has 16 heavy (non-hydrogen) atoms. The standard InChI is InChI=1S/C12H15FN2O/c13-11-3-1-2-10(15-11)12(16)6-8-4-5-9(7-12)14-8/h1-3,8-9,14,16H,4-7H2. The molecule has 3 nitrogen and oxygen atoms in total. The van der Waals surface area contributed by atoms with Gasteiger partial charge in [-0.1, -0.05) is 6.07 Å². The van der Waals surface area contributed by atoms with E-state index in [1.165, 1.54) is 6.07 Å². The summed E-state index contributed by atoms with van der Waals surface area (Å²) >= 11 is 0. The predicted molar refractivity (Wildman–Crippen MR) is 57.3 cm³/mol. The van der Waals surface area contributed by atoms with Crippen LogP contribution in [0.3, 0.4) is 0 Å². The van der Waals surface area contributed by atoms with E-state index in [2.05, 4.69) is 10.3 Å². The Labute approximate surface area is 93.7 Å². The zero-order chi connectivity index (χ0) is 11.2. The predicted octanol–water partition coefficient (Wildman–Crippen LogP) is 1.32. The van der Waals surface area contributed by atoms with Gasteiger partial charge >= 0.3 is 0 Å². The molecule has 3 heterocycles. The molecule has 0 spiro atoms. The monoisotopic (exact) mass is 222 g/mol. The van der Waals surface area contributed by atoms with E-state index in [9.17, 15) is 9.50 Å². The fourth-order valence-electron chi connectivity index (χ4n) is 3.00. The summed E-state index contributed by atoms with van der Waals surface area (Å²) in [6, 6.07) is 5.35. The molecule has 2 N–H and O–H groups in total. The van der Waals surface area contributed by atoms with Crippen molar-refractivity contribution in [1.29, 1.82) is 0 Å². The lowest BCUT2D eigenvalue weighted by Gasteiger charge is -2.36. The maximum absolute atomic E-state index is 13.1. The van der Waals surface area contributed by atoms with Crippen molar-refractivity contribution >= 4 is 0 Å². The van der Waals surface area contributed by atoms with Crippen molar-refractivity contribution in [2.24, 2.45) is 0 Å². The second-order valence-electron chi connectivity index (χ2n) is 4.92. The Kier molecular flexibility index (Phi) is 2.23. The van der Waals surface area contributed by atoms with Gasteiger partial charge in [-0.2, -0.15) is 4.39 Å². The van der Waals surface area contributed by atoms with Gasteiger partial charge in [-0.25, -0.2) is 4.98 Å². The maximum atomic E-state index is 13.1. The largest absolute Gasteiger partial charge is 0.383 e. The summed E-state index contributed by atoms with van der Waals surface area (Å²) in [6.45, 7) is 0. The van der Waals surface area contributed by atoms with Crippen LogP contribution < -0.4 is 5.32 Å². The number of pyridine rings is 1. The smallest absolute Gasteiger partial charge is 0.213 e. The van der Waals surface area contributed by atoms with Gasteiger partial charge in [0, 0.05) is 12.1 Å². The molecule has 4 heteroatoms. The van der Waals surface area contributed by atoms with Crippen molar-refractivity contribution in [3.05, 3.63) is 29.8 Å². The molecule has 2 aliphatic rings. The van der Waals surface area contributed by atoms with Crippen molar-refractivity contribution in [1.82, 2.24) is 10.3 Å². The van der Waals surface area contributed by atoms with Gasteiger partial charge in [0.15, 0.2) is 0 Å². The summed E-state index contributed by atoms with van der Waals surface area (Å²) in [5, 5.41) is 14.0. The zero-order valence-electron chi connectivity index (χ0n) is 8.99. The van der Waals surface area contributed by atoms with Crippen LogP contribution >= 0.6 is 0 Å². The molecular weight excluding hydrogens is 207 g/mol. The Morgan fingerprint density at radius 1 is 1.31 bits per heavy atom. The molecule has 1 aromatic heterocycles. The highest BCUT2D eigenvalue weighted by molar-refractivity contribution is 5.17. The van der Waals surface area contributed by atoms with Gasteiger partial charge < -0.3 is 10.4 Å². The minimum absolute atomic E-state index is 0.355. The lowest BCUT2D eigenvalue weighted by atomic mass is 9.84. The normalized spacial score (nSPS) is 37.6. The summed E-state index contributed by atoms with van der Waals surface area (Å²) < 4.78 is 13.1. The van der Waals surface area contributed by atoms with Crippen LogP contribution in [0.2, 0.25) is 0 Å². The number of nitrogens with one attached hydrogen (secondary N) is 1. The number of piperidine rings is 1. The minimum Gasteiger partial charge on any atom is -0.383 e. The molecule has 0 amide bonds. The molecular formula is C12H15FN2O. The van der Waals surface area contributed by atoms with E-state index in [-0.39, 0.29) is 0 Å². The topological polar surface area (TPSA) is 45.2 Å². The molecule has 3 rings (SSSR count). The molecule has 2 fully saturated rings. The second-order valence-corrected chi connectivity index (χ2v) is 4.92. The highest BCUT2D eigenvalue weighted by Crippen LogP contribution is 2.39. The van der Waals surface area contributed by atoms with Gasteiger partial charge in [-0.15, -0.1) is 0 Å². The average molecular weight is 222 g/mol. The SMILES string of the molecule is OC1(c2cccc(F)n2)CC2CCC(C1)N2. The highest BCUT2D eigenvalue weighted by Gasteiger charge is 2.44. The van der Waals surface area contributed by atoms with Crippen LogP contribution in [0.25, 0.3) is 0 Å². The third kappa shape index (κ3) is 1.62. The third-order valence-corrected chi connectivity index (χ3v) is 3.70. The number of rotatable bonds is 1. The number of hydrogen-bond acceptors (Lipinski definition) is 3. The van der Waals surface area contributed by atoms with Crippen LogP contribution in [-0.4, -0.2) is 22.2 Å². The first kappa shape index (κ1) is 10.2. The van der Waals surface area contributed by atoms with E-state index in [1.54, 1.807) is 12.1 Å². The molecule has 1 aromatic rings. The van der Waals surface area contributed by atoms with Gasteiger partial charge in [-0.3, -0.25) is 0 Å². The third-order valence-electron chi connectivity index (χ3n) is 3.70. The van der Waals surface area contributed by atoms with E-state index >= 15 is 0 Å². The lowest BCUT2D eigenvalue weighted by Crippen LogP contribution is -2.47. The molecule has 2 saturated heterocycles. The van der Waals surface area contributed by atoms with Gasteiger partial charge in [0.05, 0.1) is 5.69 Å². The van der Waals surface area contributed by atoms with Gasteiger partial charge in [0.1, 0.15) is 5.60 Å². The fraction of sp³-hybridized carbons (Fsp3) is 0.583. The first-order valence-electron chi connectivity index (χ1n) is 5.77. The van der Waals surface area contributed by atoms with Gasteiger partial charge in [-0.05, 0) is 37.8 Å². The van der Waals surface area contributed by atoms with Crippen LogP contribution in [0.4, 0.5) is 4.39 Å². The molecule has 2 atom stereocenters. The quantitative estimate of drug-likeness (QED) is 0.704. The number of halogens is 1. The first-order chi connectivity index (χ1) is 7.66. The van der Waals surface area contributed by atoms with E-state index in [0.717, 1.165) is 12.8 Å². The molecule has 86 valence electrons. The number of aromatic nitrogens is 1. The van der Waals surface area contributed by atoms with Crippen molar-refractivity contribution in [2.45, 2.75) is 43.4 Å². The van der Waals surface area contributed by atoms with Crippen molar-refractivity contribution < 1.29 is 9.50 Å². The van der Waals surface area contributed by atoms with Crippen LogP contribution in [0.1, 0.15) is 31.4 Å². The second kappa shape index (κ2) is 3.50. The summed E-state index contributed by atoms with van der Waals surface area (Å²) in [4.78, 5) is 3.82. The Morgan fingerprint density at radius 3 is 2.62 bits per heavy atom. The number of aliphatic hydroxyl groups is 1. The van der Waals surface area contributed by atoms with E-state index < -0.39 is 11.5 Å². The van der Waals surface area contributed by atoms with Crippen molar-refractivity contribution in [2.75, 3.05) is 0 Å². The van der Waals surface area contributed by atoms with Crippen molar-refractivity contribution in [3.8, 4) is 0 Å². The Balaban J connectivity index is 1.93. The fourth-order valence-corrected chi connectivity index (χ4v) is 3.00. The van der Waals surface area contributed by atoms with Gasteiger partial charge in [0.2, 0.25) is 5.95 Å². The number of fused-ring (bicyclic) bond motifs is 2. The molecule has 2 unspecified atom stereocenters. The van der Waals surface area contributed by atoms with Crippen LogP contribution in [0, 0.1) is 5.95 Å². The van der Waals surface area contributed by atoms with E-state index in [0.29, 0.717) is 30.6 Å². The minimum atomic E-state index is -0.945. The summed E-state index contributed by atoms with van der Waals surface area (Å²) in [5.41, 5.74) is -0.468. The average Bonchev–Trinajstić information content (AvgIpc) is 2.59. The Morgan fingerprint density at radius 2 is 2.00 bits per heavy atom. The molecule has 2 aliphatic heterocycles. The van der Waals surface area contributed by atoms with E-state index in [4.69, 9.17) is 0 Å². The molecule has 0 aliphatic carbocycles. The maximum Gasteiger partial charge on any atom is 0.213 e. The van der Waals surface area contributed by atoms with Crippen LogP contribution in [0.5, 0.6) is 0 Å². The van der Waals surface area contributed by atoms with Crippen LogP contribution in [-0.2, 0) is 5.60 Å². The highest BCUT2D eigenvalue weighted by atomic mass is 19.1. The summed E-state index contributed by atoms with van der Waals surface area (Å²) in [6.07, 6.45) is 3.48. The lowest BCUT2D eigenvalue weighted by molar-refractivity contribution is -0.0158. The molecule has 0 saturated carbocycles. The molecule has 0 aromatic carbocycles. The first-order valence-corrected chi connectivity index (χ1v) is 5.77. The number of hydrogen-bond donors (Lipinski definition) is 2. The van der Waals surface area contributed by atoms with E-state index in [1.807, 2.05) is 0 Å².